The first kappa shape index (κ1) is 29.9. The maximum Gasteiger partial charge on any atom is 0.408 e. The van der Waals surface area contributed by atoms with Gasteiger partial charge in [-0.3, -0.25) is 4.79 Å². The van der Waals surface area contributed by atoms with E-state index in [2.05, 4.69) is 18.5 Å². The van der Waals surface area contributed by atoms with Gasteiger partial charge >= 0.3 is 6.09 Å². The molecule has 0 aromatic heterocycles. The third-order valence-corrected chi connectivity index (χ3v) is 6.09. The van der Waals surface area contributed by atoms with Crippen molar-refractivity contribution in [2.24, 2.45) is 0 Å². The fraction of sp³-hybridized carbons (Fsp3) is 0.226. The number of carbonyl (C=O) groups excluding carboxylic acids is 2. The van der Waals surface area contributed by atoms with Crippen LogP contribution in [0, 0.1) is 11.6 Å². The average Bonchev–Trinajstić information content (AvgIpc) is 2.97. The van der Waals surface area contributed by atoms with E-state index in [1.807, 2.05) is 18.2 Å². The average molecular weight is 551 g/mol. The van der Waals surface area contributed by atoms with E-state index in [4.69, 9.17) is 14.2 Å². The van der Waals surface area contributed by atoms with Crippen LogP contribution in [0.25, 0.3) is 5.57 Å². The summed E-state index contributed by atoms with van der Waals surface area (Å²) in [5, 5.41) is 2.60. The van der Waals surface area contributed by atoms with E-state index < -0.39 is 29.7 Å². The van der Waals surface area contributed by atoms with Crippen molar-refractivity contribution in [1.29, 1.82) is 0 Å². The van der Waals surface area contributed by atoms with Crippen molar-refractivity contribution >= 4 is 17.6 Å². The van der Waals surface area contributed by atoms with Crippen molar-refractivity contribution in [3.05, 3.63) is 114 Å². The number of amides is 2. The molecular weight excluding hydrogens is 518 g/mol. The van der Waals surface area contributed by atoms with Gasteiger partial charge < -0.3 is 24.4 Å². The lowest BCUT2D eigenvalue weighted by molar-refractivity contribution is -0.133. The van der Waals surface area contributed by atoms with E-state index in [0.717, 1.165) is 11.6 Å². The van der Waals surface area contributed by atoms with Gasteiger partial charge in [-0.1, -0.05) is 55.1 Å². The van der Waals surface area contributed by atoms with Crippen LogP contribution < -0.4 is 14.8 Å². The van der Waals surface area contributed by atoms with Gasteiger partial charge in [0, 0.05) is 30.3 Å². The first-order chi connectivity index (χ1) is 19.3. The molecule has 0 heterocycles. The summed E-state index contributed by atoms with van der Waals surface area (Å²) in [5.74, 6) is -1.59. The van der Waals surface area contributed by atoms with E-state index in [1.54, 1.807) is 30.3 Å². The molecule has 1 N–H and O–H groups in total. The van der Waals surface area contributed by atoms with Crippen LogP contribution in [0.1, 0.15) is 23.1 Å². The van der Waals surface area contributed by atoms with Crippen molar-refractivity contribution in [1.82, 2.24) is 10.2 Å². The molecule has 0 unspecified atom stereocenters. The Labute approximate surface area is 232 Å². The van der Waals surface area contributed by atoms with Gasteiger partial charge in [-0.05, 0) is 35.8 Å². The smallest absolute Gasteiger partial charge is 0.408 e. The molecule has 0 saturated carbocycles. The molecule has 0 aliphatic carbocycles. The summed E-state index contributed by atoms with van der Waals surface area (Å²) in [6.45, 7) is 7.47. The Hall–Kier alpha value is -4.66. The molecule has 0 spiro atoms. The number of hydrogen-bond acceptors (Lipinski definition) is 5. The molecule has 210 valence electrons. The normalized spacial score (nSPS) is 11.2. The SMILES string of the molecule is C=CC[C@@H](NC(=O)OCc1ccccc1)C(=O)N(CC(=C)c1cccc(F)c1F)Cc1ccc(OC)cc1OC. The third-order valence-electron chi connectivity index (χ3n) is 6.09. The van der Waals surface area contributed by atoms with Crippen LogP contribution in [0.5, 0.6) is 11.5 Å². The second-order valence-corrected chi connectivity index (χ2v) is 8.86. The Kier molecular flexibility index (Phi) is 10.8. The van der Waals surface area contributed by atoms with Crippen molar-refractivity contribution < 1.29 is 32.6 Å². The van der Waals surface area contributed by atoms with Crippen LogP contribution >= 0.6 is 0 Å². The fourth-order valence-electron chi connectivity index (χ4n) is 4.01. The minimum atomic E-state index is -1.06. The Morgan fingerprint density at radius 3 is 2.45 bits per heavy atom. The third kappa shape index (κ3) is 7.92. The summed E-state index contributed by atoms with van der Waals surface area (Å²) < 4.78 is 44.5. The standard InChI is InChI=1S/C31H32F2N2O5/c1-5-10-27(34-31(37)40-20-22-11-7-6-8-12-22)30(36)35(18-21(2)25-13-9-14-26(32)29(25)33)19-23-15-16-24(38-3)17-28(23)39-4/h5-9,11-17,27H,1-2,10,18-20H2,3-4H3,(H,34,37)/t27-/m1/s1. The highest BCUT2D eigenvalue weighted by atomic mass is 19.2. The van der Waals surface area contributed by atoms with Crippen molar-refractivity contribution in [3.63, 3.8) is 0 Å². The predicted octanol–water partition coefficient (Wildman–Crippen LogP) is 5.90. The summed E-state index contributed by atoms with van der Waals surface area (Å²) >= 11 is 0. The molecule has 40 heavy (non-hydrogen) atoms. The van der Waals surface area contributed by atoms with Gasteiger partial charge in [-0.2, -0.15) is 0 Å². The van der Waals surface area contributed by atoms with Gasteiger partial charge in [0.25, 0.3) is 0 Å². The highest BCUT2D eigenvalue weighted by Crippen LogP contribution is 2.28. The highest BCUT2D eigenvalue weighted by molar-refractivity contribution is 5.87. The number of carbonyl (C=O) groups is 2. The minimum Gasteiger partial charge on any atom is -0.497 e. The number of methoxy groups -OCH3 is 2. The molecule has 9 heteroatoms. The monoisotopic (exact) mass is 550 g/mol. The van der Waals surface area contributed by atoms with Crippen molar-refractivity contribution in [3.8, 4) is 11.5 Å². The first-order valence-electron chi connectivity index (χ1n) is 12.5. The van der Waals surface area contributed by atoms with E-state index in [-0.39, 0.29) is 37.3 Å². The van der Waals surface area contributed by atoms with Gasteiger partial charge in [0.1, 0.15) is 24.1 Å². The van der Waals surface area contributed by atoms with Crippen molar-refractivity contribution in [2.45, 2.75) is 25.6 Å². The Bertz CT molecular complexity index is 1350. The molecule has 0 bridgehead atoms. The zero-order valence-electron chi connectivity index (χ0n) is 22.5. The summed E-state index contributed by atoms with van der Waals surface area (Å²) in [7, 11) is 3.00. The van der Waals surface area contributed by atoms with Crippen LogP contribution in [0.15, 0.2) is 86.0 Å². The lowest BCUT2D eigenvalue weighted by atomic mass is 10.0. The Balaban J connectivity index is 1.87. The van der Waals surface area contributed by atoms with E-state index >= 15 is 0 Å². The molecule has 0 saturated heterocycles. The number of rotatable bonds is 13. The van der Waals surface area contributed by atoms with Gasteiger partial charge in [0.15, 0.2) is 11.6 Å². The maximum atomic E-state index is 14.5. The lowest BCUT2D eigenvalue weighted by Gasteiger charge is -2.29. The number of nitrogens with zero attached hydrogens (tertiary/aromatic N) is 1. The van der Waals surface area contributed by atoms with Crippen LogP contribution in [-0.4, -0.2) is 43.7 Å². The van der Waals surface area contributed by atoms with Crippen molar-refractivity contribution in [2.75, 3.05) is 20.8 Å². The van der Waals surface area contributed by atoms with Crippen LogP contribution in [0.2, 0.25) is 0 Å². The van der Waals surface area contributed by atoms with E-state index in [1.165, 1.54) is 37.3 Å². The molecule has 7 nitrogen and oxygen atoms in total. The van der Waals surface area contributed by atoms with Gasteiger partial charge in [-0.15, -0.1) is 6.58 Å². The van der Waals surface area contributed by atoms with E-state index in [9.17, 15) is 18.4 Å². The first-order valence-corrected chi connectivity index (χ1v) is 12.5. The number of ether oxygens (including phenoxy) is 3. The minimum absolute atomic E-state index is 0.0103. The topological polar surface area (TPSA) is 77.1 Å². The number of hydrogen-bond donors (Lipinski definition) is 1. The molecule has 3 rings (SSSR count). The molecule has 3 aromatic carbocycles. The number of benzene rings is 3. The molecule has 0 aliphatic heterocycles. The summed E-state index contributed by atoms with van der Waals surface area (Å²) in [6, 6.07) is 16.9. The fourth-order valence-corrected chi connectivity index (χ4v) is 4.01. The summed E-state index contributed by atoms with van der Waals surface area (Å²) in [5.41, 5.74) is 1.51. The second kappa shape index (κ2) is 14.5. The Morgan fingerprint density at radius 1 is 1.02 bits per heavy atom. The predicted molar refractivity (Wildman–Crippen MR) is 149 cm³/mol. The second-order valence-electron chi connectivity index (χ2n) is 8.86. The Morgan fingerprint density at radius 2 is 1.77 bits per heavy atom. The van der Waals surface area contributed by atoms with Gasteiger partial charge in [-0.25, -0.2) is 13.6 Å². The number of nitrogens with one attached hydrogen (secondary N) is 1. The maximum absolute atomic E-state index is 14.5. The van der Waals surface area contributed by atoms with Crippen LogP contribution in [0.3, 0.4) is 0 Å². The molecule has 0 aliphatic rings. The largest absolute Gasteiger partial charge is 0.497 e. The highest BCUT2D eigenvalue weighted by Gasteiger charge is 2.28. The zero-order valence-corrected chi connectivity index (χ0v) is 22.5. The molecule has 0 radical (unpaired) electrons. The molecular formula is C31H32F2N2O5. The molecule has 1 atom stereocenters. The lowest BCUT2D eigenvalue weighted by Crippen LogP contribution is -2.48. The molecule has 0 fully saturated rings. The van der Waals surface area contributed by atoms with Gasteiger partial charge in [0.05, 0.1) is 14.2 Å². The van der Waals surface area contributed by atoms with Crippen LogP contribution in [0.4, 0.5) is 13.6 Å². The van der Waals surface area contributed by atoms with Crippen LogP contribution in [-0.2, 0) is 22.7 Å². The number of alkyl carbamates (subject to hydrolysis) is 1. The zero-order chi connectivity index (χ0) is 29.1. The molecule has 2 amide bonds. The summed E-state index contributed by atoms with van der Waals surface area (Å²) in [4.78, 5) is 27.8. The van der Waals surface area contributed by atoms with E-state index in [0.29, 0.717) is 17.1 Å². The number of halogens is 2. The quantitative estimate of drug-likeness (QED) is 0.269. The molecule has 3 aromatic rings. The van der Waals surface area contributed by atoms with Gasteiger partial charge in [0.2, 0.25) is 5.91 Å². The summed E-state index contributed by atoms with van der Waals surface area (Å²) in [6.07, 6.45) is 0.796.